The lowest BCUT2D eigenvalue weighted by atomic mass is 10.1. The molecule has 2 heterocycles. The van der Waals surface area contributed by atoms with Crippen LogP contribution in [0.1, 0.15) is 45.0 Å². The molecule has 0 aliphatic rings. The maximum atomic E-state index is 15.2. The number of allylic oxidation sites excluding steroid dienone is 1. The highest BCUT2D eigenvalue weighted by atomic mass is 19.2. The van der Waals surface area contributed by atoms with Gasteiger partial charge in [-0.05, 0) is 64.0 Å². The minimum Gasteiger partial charge on any atom is -0.483 e. The smallest absolute Gasteiger partial charge is 0.420 e. The van der Waals surface area contributed by atoms with Crippen LogP contribution < -0.4 is 20.9 Å². The van der Waals surface area contributed by atoms with Crippen molar-refractivity contribution in [2.24, 2.45) is 0 Å². The fraction of sp³-hybridized carbons (Fsp3) is 0.333. The highest BCUT2D eigenvalue weighted by molar-refractivity contribution is 5.96. The highest BCUT2D eigenvalue weighted by Crippen LogP contribution is 2.33. The van der Waals surface area contributed by atoms with Crippen molar-refractivity contribution < 1.29 is 51.0 Å². The number of ether oxygens (including phenoxy) is 3. The van der Waals surface area contributed by atoms with Gasteiger partial charge in [0.2, 0.25) is 17.6 Å². The second kappa shape index (κ2) is 17.1. The molecule has 0 unspecified atom stereocenters. The van der Waals surface area contributed by atoms with Gasteiger partial charge in [0.1, 0.15) is 46.9 Å². The van der Waals surface area contributed by atoms with Gasteiger partial charge in [0.05, 0.1) is 19.2 Å². The number of amides is 3. The Kier molecular flexibility index (Phi) is 12.8. The van der Waals surface area contributed by atoms with Crippen LogP contribution in [-0.4, -0.2) is 75.9 Å². The maximum Gasteiger partial charge on any atom is 0.420 e. The summed E-state index contributed by atoms with van der Waals surface area (Å²) in [6, 6.07) is 4.74. The van der Waals surface area contributed by atoms with E-state index in [0.29, 0.717) is 12.1 Å². The summed E-state index contributed by atoms with van der Waals surface area (Å²) in [5.74, 6) is -6.97. The van der Waals surface area contributed by atoms with Gasteiger partial charge in [0, 0.05) is 38.0 Å². The summed E-state index contributed by atoms with van der Waals surface area (Å²) in [7, 11) is 4.23. The van der Waals surface area contributed by atoms with Crippen molar-refractivity contribution in [1.29, 1.82) is 0 Å². The maximum absolute atomic E-state index is 15.2. The summed E-state index contributed by atoms with van der Waals surface area (Å²) in [5.41, 5.74) is -3.01. The Bertz CT molecular complexity index is 2160. The fourth-order valence-corrected chi connectivity index (χ4v) is 4.91. The van der Waals surface area contributed by atoms with E-state index in [9.17, 15) is 32.8 Å². The molecule has 4 aromatic rings. The quantitative estimate of drug-likeness (QED) is 0.145. The number of alkyl carbamates (subject to hydrolysis) is 1. The number of carbonyl (C=O) groups excluding carboxylic acids is 4. The molecular formula is C36H38F4N6O8. The van der Waals surface area contributed by atoms with Crippen LogP contribution in [-0.2, 0) is 32.2 Å². The fourth-order valence-electron chi connectivity index (χ4n) is 4.91. The minimum absolute atomic E-state index is 0.0183. The van der Waals surface area contributed by atoms with E-state index >= 15 is 8.78 Å². The Morgan fingerprint density at radius 2 is 1.76 bits per heavy atom. The number of hydrogen-bond donors (Lipinski definition) is 2. The molecule has 54 heavy (non-hydrogen) atoms. The van der Waals surface area contributed by atoms with Crippen molar-refractivity contribution >= 4 is 40.7 Å². The Morgan fingerprint density at radius 3 is 2.41 bits per heavy atom. The number of nitrogens with zero attached hydrogens (tertiary/aromatic N) is 4. The predicted octanol–water partition coefficient (Wildman–Crippen LogP) is 5.25. The molecule has 0 spiro atoms. The number of aromatic nitrogens is 3. The Labute approximate surface area is 306 Å². The first-order valence-corrected chi connectivity index (χ1v) is 16.3. The number of nitrogens with one attached hydrogen (secondary N) is 2. The highest BCUT2D eigenvalue weighted by Gasteiger charge is 2.29. The average Bonchev–Trinajstić information content (AvgIpc) is 3.44. The number of anilines is 1. The number of carbonyl (C=O) groups is 4. The van der Waals surface area contributed by atoms with Gasteiger partial charge < -0.3 is 34.3 Å². The van der Waals surface area contributed by atoms with Crippen LogP contribution >= 0.6 is 0 Å². The molecule has 0 radical (unpaired) electrons. The van der Waals surface area contributed by atoms with E-state index in [1.54, 1.807) is 34.9 Å². The molecule has 0 aliphatic carbocycles. The van der Waals surface area contributed by atoms with Crippen LogP contribution in [0.4, 0.5) is 32.8 Å². The third-order valence-corrected chi connectivity index (χ3v) is 7.54. The molecule has 14 nitrogen and oxygen atoms in total. The van der Waals surface area contributed by atoms with Crippen molar-refractivity contribution in [3.05, 3.63) is 99.8 Å². The molecule has 0 saturated heterocycles. The van der Waals surface area contributed by atoms with E-state index in [0.717, 1.165) is 28.4 Å². The number of benzene rings is 2. The Balaban J connectivity index is 1.71. The van der Waals surface area contributed by atoms with Crippen LogP contribution in [0.5, 0.6) is 5.75 Å². The first-order valence-electron chi connectivity index (χ1n) is 16.3. The minimum atomic E-state index is -1.51. The number of hydrogen-bond acceptors (Lipinski definition) is 9. The number of fused-ring (bicyclic) bond motifs is 1. The second-order valence-electron chi connectivity index (χ2n) is 13.0. The molecule has 2 aromatic heterocycles. The molecule has 3 amide bonds. The SMILES string of the molecule is COC(=O)N[C@@H](CC/C=C/C(=O)N(C)C)C(=O)Nc1cccn(Cc2nc3c(OCc4ccc(F)cc4F)c(F)c(F)cc3n2C(=O)OC(C)(C)C)c1=O. The van der Waals surface area contributed by atoms with Crippen molar-refractivity contribution in [2.45, 2.75) is 58.4 Å². The topological polar surface area (TPSA) is 163 Å². The normalized spacial score (nSPS) is 12.0. The molecule has 0 aliphatic heterocycles. The number of imidazole rings is 1. The molecule has 2 N–H and O–H groups in total. The summed E-state index contributed by atoms with van der Waals surface area (Å²) in [6.45, 7) is 3.50. The largest absolute Gasteiger partial charge is 0.483 e. The van der Waals surface area contributed by atoms with Crippen molar-refractivity contribution in [2.75, 3.05) is 26.5 Å². The lowest BCUT2D eigenvalue weighted by Gasteiger charge is -2.20. The summed E-state index contributed by atoms with van der Waals surface area (Å²) in [5, 5.41) is 4.84. The second-order valence-corrected chi connectivity index (χ2v) is 13.0. The van der Waals surface area contributed by atoms with Crippen LogP contribution in [0, 0.1) is 23.3 Å². The Morgan fingerprint density at radius 1 is 1.04 bits per heavy atom. The monoisotopic (exact) mass is 758 g/mol. The molecule has 18 heteroatoms. The lowest BCUT2D eigenvalue weighted by Crippen LogP contribution is -2.44. The molecule has 0 saturated carbocycles. The van der Waals surface area contributed by atoms with E-state index in [1.165, 1.54) is 35.4 Å². The summed E-state index contributed by atoms with van der Waals surface area (Å²) in [6.07, 6.45) is 2.33. The van der Waals surface area contributed by atoms with Gasteiger partial charge >= 0.3 is 12.2 Å². The van der Waals surface area contributed by atoms with E-state index < -0.39 is 77.5 Å². The first kappa shape index (κ1) is 40.6. The van der Waals surface area contributed by atoms with Crippen molar-refractivity contribution in [3.63, 3.8) is 0 Å². The van der Waals surface area contributed by atoms with Gasteiger partial charge in [0.15, 0.2) is 11.6 Å². The number of halogens is 4. The number of likely N-dealkylation sites (N-methyl/N-ethyl adjacent to an activating group) is 1. The van der Waals surface area contributed by atoms with Crippen LogP contribution in [0.2, 0.25) is 0 Å². The van der Waals surface area contributed by atoms with Gasteiger partial charge in [-0.15, -0.1) is 0 Å². The molecule has 288 valence electrons. The lowest BCUT2D eigenvalue weighted by molar-refractivity contribution is -0.123. The zero-order valence-corrected chi connectivity index (χ0v) is 30.2. The number of methoxy groups -OCH3 is 1. The van der Waals surface area contributed by atoms with E-state index in [4.69, 9.17) is 9.47 Å². The average molecular weight is 759 g/mol. The molecule has 0 bridgehead atoms. The summed E-state index contributed by atoms with van der Waals surface area (Å²) < 4.78 is 75.5. The summed E-state index contributed by atoms with van der Waals surface area (Å²) in [4.78, 5) is 69.9. The molecule has 4 rings (SSSR count). The number of rotatable bonds is 12. The van der Waals surface area contributed by atoms with Gasteiger partial charge in [-0.3, -0.25) is 14.4 Å². The van der Waals surface area contributed by atoms with Crippen LogP contribution in [0.25, 0.3) is 11.0 Å². The van der Waals surface area contributed by atoms with Crippen molar-refractivity contribution in [1.82, 2.24) is 24.3 Å². The van der Waals surface area contributed by atoms with Gasteiger partial charge in [0.25, 0.3) is 5.56 Å². The van der Waals surface area contributed by atoms with Gasteiger partial charge in [-0.2, -0.15) is 4.39 Å². The first-order chi connectivity index (χ1) is 25.4. The molecule has 2 aromatic carbocycles. The van der Waals surface area contributed by atoms with E-state index in [-0.39, 0.29) is 46.9 Å². The molecule has 0 fully saturated rings. The molecule has 1 atom stereocenters. The van der Waals surface area contributed by atoms with Gasteiger partial charge in [-0.1, -0.05) is 6.08 Å². The van der Waals surface area contributed by atoms with Crippen LogP contribution in [0.15, 0.2) is 59.5 Å². The zero-order valence-electron chi connectivity index (χ0n) is 30.2. The van der Waals surface area contributed by atoms with Crippen LogP contribution in [0.3, 0.4) is 0 Å². The number of pyridine rings is 1. The zero-order chi connectivity index (χ0) is 39.9. The predicted molar refractivity (Wildman–Crippen MR) is 187 cm³/mol. The van der Waals surface area contributed by atoms with Gasteiger partial charge in [-0.25, -0.2) is 32.3 Å². The standard InChI is InChI=1S/C36H38F4N6O8/c1-36(2,3)54-35(51)46-26-17-23(39)29(40)31(53-19-20-13-14-21(37)16-22(20)38)30(26)43-27(46)18-45-15-9-11-25(33(45)49)41-32(48)24(42-34(50)52-6)10-7-8-12-28(47)44(4)5/h8-9,11-17,24H,7,10,18-19H2,1-6H3,(H,41,48)(H,42,50)/b12-8+/t24-/m0/s1. The van der Waals surface area contributed by atoms with Crippen molar-refractivity contribution in [3.8, 4) is 5.75 Å². The van der Waals surface area contributed by atoms with E-state index in [1.807, 2.05) is 0 Å². The summed E-state index contributed by atoms with van der Waals surface area (Å²) >= 11 is 0. The molecular weight excluding hydrogens is 720 g/mol. The third kappa shape index (κ3) is 10.0. The van der Waals surface area contributed by atoms with E-state index in [2.05, 4.69) is 20.4 Å². The third-order valence-electron chi connectivity index (χ3n) is 7.54. The Hall–Kier alpha value is -6.20.